The molecule has 23 heavy (non-hydrogen) atoms. The Morgan fingerprint density at radius 3 is 2.74 bits per heavy atom. The summed E-state index contributed by atoms with van der Waals surface area (Å²) >= 11 is 1.39. The van der Waals surface area contributed by atoms with Crippen LogP contribution in [0.3, 0.4) is 0 Å². The minimum Gasteiger partial charge on any atom is -0.352 e. The highest BCUT2D eigenvalue weighted by Crippen LogP contribution is 2.37. The van der Waals surface area contributed by atoms with Crippen LogP contribution in [0.25, 0.3) is 10.9 Å². The van der Waals surface area contributed by atoms with E-state index in [1.165, 1.54) is 11.8 Å². The van der Waals surface area contributed by atoms with E-state index in [0.717, 1.165) is 25.7 Å². The van der Waals surface area contributed by atoms with Crippen LogP contribution in [0, 0.1) is 0 Å². The van der Waals surface area contributed by atoms with Gasteiger partial charge in [-0.3, -0.25) is 14.2 Å². The van der Waals surface area contributed by atoms with Crippen molar-refractivity contribution in [1.82, 2.24) is 14.9 Å². The standard InChI is InChI=1S/C17H19N3O2S/c1-10(15(21)18-11-6-7-11)23-17-19-14-5-3-2-4-13(14)16(22)20(17)12-8-9-12/h2-5,10-12H,6-9H2,1H3,(H,18,21)/t10-/m0/s1. The summed E-state index contributed by atoms with van der Waals surface area (Å²) in [7, 11) is 0. The molecule has 1 amide bonds. The zero-order chi connectivity index (χ0) is 16.0. The summed E-state index contributed by atoms with van der Waals surface area (Å²) in [5.41, 5.74) is 0.710. The lowest BCUT2D eigenvalue weighted by atomic mass is 10.2. The Labute approximate surface area is 138 Å². The molecule has 2 aliphatic carbocycles. The summed E-state index contributed by atoms with van der Waals surface area (Å²) < 4.78 is 1.79. The van der Waals surface area contributed by atoms with Gasteiger partial charge in [0, 0.05) is 12.1 Å². The number of nitrogens with one attached hydrogen (secondary N) is 1. The number of carbonyl (C=O) groups excluding carboxylic acids is 1. The summed E-state index contributed by atoms with van der Waals surface area (Å²) in [6, 6.07) is 8.00. The van der Waals surface area contributed by atoms with E-state index in [9.17, 15) is 9.59 Å². The summed E-state index contributed by atoms with van der Waals surface area (Å²) in [4.78, 5) is 29.6. The topological polar surface area (TPSA) is 64.0 Å². The number of thioether (sulfide) groups is 1. The first-order valence-electron chi connectivity index (χ1n) is 8.12. The van der Waals surface area contributed by atoms with Crippen LogP contribution in [0.4, 0.5) is 0 Å². The van der Waals surface area contributed by atoms with E-state index >= 15 is 0 Å². The van der Waals surface area contributed by atoms with Gasteiger partial charge < -0.3 is 5.32 Å². The maximum atomic E-state index is 12.8. The molecule has 0 spiro atoms. The zero-order valence-corrected chi connectivity index (χ0v) is 13.8. The Balaban J connectivity index is 1.68. The second-order valence-electron chi connectivity index (χ2n) is 6.36. The summed E-state index contributed by atoms with van der Waals surface area (Å²) in [5, 5.41) is 4.07. The lowest BCUT2D eigenvalue weighted by molar-refractivity contribution is -0.120. The molecule has 1 atom stereocenters. The quantitative estimate of drug-likeness (QED) is 0.676. The Hall–Kier alpha value is -1.82. The van der Waals surface area contributed by atoms with Crippen molar-refractivity contribution < 1.29 is 4.79 Å². The predicted molar refractivity (Wildman–Crippen MR) is 90.8 cm³/mol. The highest BCUT2D eigenvalue weighted by Gasteiger charge is 2.31. The summed E-state index contributed by atoms with van der Waals surface area (Å²) in [6.07, 6.45) is 4.17. The summed E-state index contributed by atoms with van der Waals surface area (Å²) in [6.45, 7) is 1.88. The fourth-order valence-corrected chi connectivity index (χ4v) is 3.61. The highest BCUT2D eigenvalue weighted by molar-refractivity contribution is 8.00. The van der Waals surface area contributed by atoms with Crippen LogP contribution in [0.5, 0.6) is 0 Å². The predicted octanol–water partition coefficient (Wildman–Crippen LogP) is 2.49. The maximum Gasteiger partial charge on any atom is 0.262 e. The first-order valence-corrected chi connectivity index (χ1v) is 9.00. The average Bonchev–Trinajstić information content (AvgIpc) is 3.42. The molecule has 0 unspecified atom stereocenters. The van der Waals surface area contributed by atoms with Crippen molar-refractivity contribution in [3.63, 3.8) is 0 Å². The molecule has 0 aliphatic heterocycles. The van der Waals surface area contributed by atoms with Gasteiger partial charge in [0.15, 0.2) is 5.16 Å². The number of carbonyl (C=O) groups is 1. The number of hydrogen-bond donors (Lipinski definition) is 1. The van der Waals surface area contributed by atoms with Gasteiger partial charge in [0.2, 0.25) is 5.91 Å². The molecule has 0 radical (unpaired) electrons. The number of nitrogens with zero attached hydrogens (tertiary/aromatic N) is 2. The molecule has 2 saturated carbocycles. The van der Waals surface area contributed by atoms with E-state index in [-0.39, 0.29) is 22.8 Å². The van der Waals surface area contributed by atoms with Crippen molar-refractivity contribution in [3.05, 3.63) is 34.6 Å². The van der Waals surface area contributed by atoms with E-state index in [1.807, 2.05) is 31.2 Å². The number of amides is 1. The Morgan fingerprint density at radius 1 is 1.30 bits per heavy atom. The number of para-hydroxylation sites is 1. The van der Waals surface area contributed by atoms with Gasteiger partial charge in [-0.2, -0.15) is 0 Å². The zero-order valence-electron chi connectivity index (χ0n) is 13.0. The number of rotatable bonds is 5. The fraction of sp³-hybridized carbons (Fsp3) is 0.471. The third kappa shape index (κ3) is 3.00. The van der Waals surface area contributed by atoms with Gasteiger partial charge in [-0.25, -0.2) is 4.98 Å². The lowest BCUT2D eigenvalue weighted by Gasteiger charge is -2.15. The third-order valence-electron chi connectivity index (χ3n) is 4.26. The van der Waals surface area contributed by atoms with E-state index < -0.39 is 0 Å². The molecule has 1 N–H and O–H groups in total. The molecule has 1 aromatic heterocycles. The number of benzene rings is 1. The Kier molecular flexibility index (Phi) is 3.64. The molecule has 1 heterocycles. The van der Waals surface area contributed by atoms with Gasteiger partial charge in [0.05, 0.1) is 16.2 Å². The smallest absolute Gasteiger partial charge is 0.262 e. The van der Waals surface area contributed by atoms with Gasteiger partial charge in [-0.05, 0) is 44.7 Å². The Morgan fingerprint density at radius 2 is 2.04 bits per heavy atom. The number of aromatic nitrogens is 2. The monoisotopic (exact) mass is 329 g/mol. The van der Waals surface area contributed by atoms with Crippen LogP contribution in [0.1, 0.15) is 38.6 Å². The number of hydrogen-bond acceptors (Lipinski definition) is 4. The SMILES string of the molecule is C[C@H](Sc1nc2ccccc2c(=O)n1C1CC1)C(=O)NC1CC1. The van der Waals surface area contributed by atoms with Crippen molar-refractivity contribution in [1.29, 1.82) is 0 Å². The van der Waals surface area contributed by atoms with E-state index in [0.29, 0.717) is 22.1 Å². The number of fused-ring (bicyclic) bond motifs is 1. The van der Waals surface area contributed by atoms with Crippen LogP contribution in [-0.4, -0.2) is 26.8 Å². The molecule has 4 rings (SSSR count). The molecule has 0 saturated heterocycles. The van der Waals surface area contributed by atoms with E-state index in [2.05, 4.69) is 10.3 Å². The van der Waals surface area contributed by atoms with Gasteiger partial charge in [0.25, 0.3) is 5.56 Å². The minimum absolute atomic E-state index is 0.00963. The largest absolute Gasteiger partial charge is 0.352 e. The molecule has 1 aromatic carbocycles. The third-order valence-corrected chi connectivity index (χ3v) is 5.33. The van der Waals surface area contributed by atoms with Crippen LogP contribution < -0.4 is 10.9 Å². The van der Waals surface area contributed by atoms with Crippen LogP contribution in [-0.2, 0) is 4.79 Å². The molecular formula is C17H19N3O2S. The molecule has 5 nitrogen and oxygen atoms in total. The molecule has 6 heteroatoms. The minimum atomic E-state index is -0.256. The maximum absolute atomic E-state index is 12.8. The van der Waals surface area contributed by atoms with E-state index in [1.54, 1.807) is 4.57 Å². The molecular weight excluding hydrogens is 310 g/mol. The molecule has 2 aromatic rings. The van der Waals surface area contributed by atoms with Gasteiger partial charge in [0.1, 0.15) is 0 Å². The summed E-state index contributed by atoms with van der Waals surface area (Å²) in [5.74, 6) is 0.0299. The first-order chi connectivity index (χ1) is 11.1. The average molecular weight is 329 g/mol. The van der Waals surface area contributed by atoms with Gasteiger partial charge >= 0.3 is 0 Å². The molecule has 0 bridgehead atoms. The van der Waals surface area contributed by atoms with Gasteiger partial charge in [-0.15, -0.1) is 0 Å². The molecule has 2 fully saturated rings. The van der Waals surface area contributed by atoms with Crippen molar-refractivity contribution in [3.8, 4) is 0 Å². The second-order valence-corrected chi connectivity index (χ2v) is 7.67. The first kappa shape index (κ1) is 14.8. The Bertz CT molecular complexity index is 824. The van der Waals surface area contributed by atoms with Crippen molar-refractivity contribution in [2.75, 3.05) is 0 Å². The van der Waals surface area contributed by atoms with Crippen LogP contribution in [0.2, 0.25) is 0 Å². The van der Waals surface area contributed by atoms with Crippen LogP contribution >= 0.6 is 11.8 Å². The molecule has 120 valence electrons. The molecule has 2 aliphatic rings. The van der Waals surface area contributed by atoms with Crippen LogP contribution in [0.15, 0.2) is 34.2 Å². The van der Waals surface area contributed by atoms with E-state index in [4.69, 9.17) is 0 Å². The highest BCUT2D eigenvalue weighted by atomic mass is 32.2. The van der Waals surface area contributed by atoms with Crippen molar-refractivity contribution >= 4 is 28.6 Å². The lowest BCUT2D eigenvalue weighted by Crippen LogP contribution is -2.33. The normalized spacial score (nSPS) is 18.8. The fourth-order valence-electron chi connectivity index (χ4n) is 2.62. The van der Waals surface area contributed by atoms with Gasteiger partial charge in [-0.1, -0.05) is 23.9 Å². The van der Waals surface area contributed by atoms with Crippen molar-refractivity contribution in [2.24, 2.45) is 0 Å². The van der Waals surface area contributed by atoms with Crippen molar-refractivity contribution in [2.45, 2.75) is 55.1 Å². The second kappa shape index (κ2) is 5.67.